The number of esters is 1. The number of ether oxygens (including phenoxy) is 2. The lowest BCUT2D eigenvalue weighted by Crippen LogP contribution is -2.08. The van der Waals surface area contributed by atoms with Gasteiger partial charge in [0.05, 0.1) is 22.6 Å². The Morgan fingerprint density at radius 3 is 2.57 bits per heavy atom. The first-order chi connectivity index (χ1) is 10.8. The molecule has 122 valence electrons. The van der Waals surface area contributed by atoms with E-state index in [0.29, 0.717) is 5.75 Å². The molecule has 0 spiro atoms. The number of methoxy groups -OCH3 is 1. The predicted molar refractivity (Wildman–Crippen MR) is 86.7 cm³/mol. The number of halogens is 1. The summed E-state index contributed by atoms with van der Waals surface area (Å²) in [6.07, 6.45) is 1.06. The Labute approximate surface area is 139 Å². The number of sulfone groups is 1. The van der Waals surface area contributed by atoms with Gasteiger partial charge >= 0.3 is 5.97 Å². The fourth-order valence-corrected chi connectivity index (χ4v) is 2.72. The second-order valence-corrected chi connectivity index (χ2v) is 7.26. The zero-order valence-electron chi connectivity index (χ0n) is 12.6. The number of carbonyl (C=O) groups excluding carboxylic acids is 1. The molecule has 0 unspecified atom stereocenters. The third-order valence-electron chi connectivity index (χ3n) is 3.09. The Morgan fingerprint density at radius 1 is 1.17 bits per heavy atom. The molecule has 0 atom stereocenters. The molecule has 0 N–H and O–H groups in total. The van der Waals surface area contributed by atoms with Crippen molar-refractivity contribution >= 4 is 27.4 Å². The van der Waals surface area contributed by atoms with Gasteiger partial charge in [-0.2, -0.15) is 0 Å². The van der Waals surface area contributed by atoms with Gasteiger partial charge in [-0.3, -0.25) is 0 Å². The second kappa shape index (κ2) is 7.02. The number of carbonyl (C=O) groups is 1. The Hall–Kier alpha value is -2.05. The van der Waals surface area contributed by atoms with Crippen LogP contribution in [0.15, 0.2) is 47.4 Å². The number of benzene rings is 2. The van der Waals surface area contributed by atoms with Gasteiger partial charge in [0.25, 0.3) is 0 Å². The number of rotatable bonds is 5. The minimum atomic E-state index is -3.43. The highest BCUT2D eigenvalue weighted by molar-refractivity contribution is 7.90. The lowest BCUT2D eigenvalue weighted by atomic mass is 10.2. The summed E-state index contributed by atoms with van der Waals surface area (Å²) < 4.78 is 33.4. The smallest absolute Gasteiger partial charge is 0.340 e. The van der Waals surface area contributed by atoms with Crippen molar-refractivity contribution in [3.63, 3.8) is 0 Å². The zero-order chi connectivity index (χ0) is 17.0. The highest BCUT2D eigenvalue weighted by Gasteiger charge is 2.16. The highest BCUT2D eigenvalue weighted by atomic mass is 35.5. The molecule has 0 aliphatic rings. The van der Waals surface area contributed by atoms with E-state index in [-0.39, 0.29) is 22.1 Å². The largest absolute Gasteiger partial charge is 0.497 e. The minimum absolute atomic E-state index is 0.00947. The molecule has 5 nitrogen and oxygen atoms in total. The molecule has 0 saturated heterocycles. The molecule has 0 fully saturated rings. The van der Waals surface area contributed by atoms with Crippen molar-refractivity contribution in [2.24, 2.45) is 0 Å². The van der Waals surface area contributed by atoms with Crippen LogP contribution in [0.4, 0.5) is 0 Å². The number of hydrogen-bond donors (Lipinski definition) is 0. The number of hydrogen-bond acceptors (Lipinski definition) is 5. The average Bonchev–Trinajstić information content (AvgIpc) is 2.52. The standard InChI is InChI=1S/C16H15ClO5S/c1-21-12-5-3-4-11(8-12)10-22-16(18)14-9-13(23(2,19)20)6-7-15(14)17/h3-9H,10H2,1-2H3. The SMILES string of the molecule is COc1cccc(COC(=O)c2cc(S(C)(=O)=O)ccc2Cl)c1. The van der Waals surface area contributed by atoms with Crippen LogP contribution in [0.25, 0.3) is 0 Å². The molecule has 2 aromatic rings. The Kier molecular flexibility index (Phi) is 5.28. The molecule has 0 aliphatic carbocycles. The van der Waals surface area contributed by atoms with Crippen LogP contribution < -0.4 is 4.74 Å². The van der Waals surface area contributed by atoms with Crippen LogP contribution >= 0.6 is 11.6 Å². The summed E-state index contributed by atoms with van der Waals surface area (Å²) in [6.45, 7) is 0.0233. The van der Waals surface area contributed by atoms with Gasteiger partial charge in [0.15, 0.2) is 9.84 Å². The fraction of sp³-hybridized carbons (Fsp3) is 0.188. The van der Waals surface area contributed by atoms with Crippen LogP contribution in [0, 0.1) is 0 Å². The van der Waals surface area contributed by atoms with E-state index in [0.717, 1.165) is 11.8 Å². The maximum absolute atomic E-state index is 12.1. The predicted octanol–water partition coefficient (Wildman–Crippen LogP) is 3.11. The van der Waals surface area contributed by atoms with E-state index in [9.17, 15) is 13.2 Å². The van der Waals surface area contributed by atoms with E-state index in [4.69, 9.17) is 21.1 Å². The normalized spacial score (nSPS) is 11.1. The van der Waals surface area contributed by atoms with E-state index in [1.807, 2.05) is 0 Å². The van der Waals surface area contributed by atoms with Gasteiger partial charge in [-0.25, -0.2) is 13.2 Å². The Morgan fingerprint density at radius 2 is 1.91 bits per heavy atom. The lowest BCUT2D eigenvalue weighted by Gasteiger charge is -2.09. The van der Waals surface area contributed by atoms with Gasteiger partial charge in [0, 0.05) is 6.26 Å². The van der Waals surface area contributed by atoms with Crippen molar-refractivity contribution in [3.05, 3.63) is 58.6 Å². The molecule has 0 aromatic heterocycles. The van der Waals surface area contributed by atoms with Crippen LogP contribution in [0.1, 0.15) is 15.9 Å². The quantitative estimate of drug-likeness (QED) is 0.771. The van der Waals surface area contributed by atoms with E-state index in [2.05, 4.69) is 0 Å². The molecule has 2 aromatic carbocycles. The van der Waals surface area contributed by atoms with Gasteiger partial charge in [-0.05, 0) is 35.9 Å². The first kappa shape index (κ1) is 17.3. The molecular weight excluding hydrogens is 340 g/mol. The van der Waals surface area contributed by atoms with Crippen LogP contribution in [-0.4, -0.2) is 27.8 Å². The van der Waals surface area contributed by atoms with E-state index in [1.54, 1.807) is 31.4 Å². The summed E-state index contributed by atoms with van der Waals surface area (Å²) >= 11 is 5.95. The Balaban J connectivity index is 2.17. The van der Waals surface area contributed by atoms with Crippen LogP contribution in [-0.2, 0) is 21.2 Å². The van der Waals surface area contributed by atoms with Gasteiger partial charge < -0.3 is 9.47 Å². The van der Waals surface area contributed by atoms with Crippen molar-refractivity contribution in [1.29, 1.82) is 0 Å². The third-order valence-corrected chi connectivity index (χ3v) is 4.53. The molecule has 0 bridgehead atoms. The van der Waals surface area contributed by atoms with Gasteiger partial charge in [0.1, 0.15) is 12.4 Å². The lowest BCUT2D eigenvalue weighted by molar-refractivity contribution is 0.0472. The summed E-state index contributed by atoms with van der Waals surface area (Å²) in [5.74, 6) is -0.0426. The summed E-state index contributed by atoms with van der Waals surface area (Å²) in [5.41, 5.74) is 0.755. The summed E-state index contributed by atoms with van der Waals surface area (Å²) in [5, 5.41) is 0.132. The molecule has 0 radical (unpaired) electrons. The van der Waals surface area contributed by atoms with E-state index < -0.39 is 15.8 Å². The molecule has 0 amide bonds. The minimum Gasteiger partial charge on any atom is -0.497 e. The summed E-state index contributed by atoms with van der Waals surface area (Å²) in [6, 6.07) is 11.0. The maximum atomic E-state index is 12.1. The molecule has 2 rings (SSSR count). The van der Waals surface area contributed by atoms with E-state index in [1.165, 1.54) is 18.2 Å². The van der Waals surface area contributed by atoms with Crippen LogP contribution in [0.2, 0.25) is 5.02 Å². The second-order valence-electron chi connectivity index (χ2n) is 4.84. The zero-order valence-corrected chi connectivity index (χ0v) is 14.1. The summed E-state index contributed by atoms with van der Waals surface area (Å²) in [4.78, 5) is 12.1. The maximum Gasteiger partial charge on any atom is 0.340 e. The van der Waals surface area contributed by atoms with Crippen molar-refractivity contribution in [2.45, 2.75) is 11.5 Å². The molecule has 23 heavy (non-hydrogen) atoms. The first-order valence-electron chi connectivity index (χ1n) is 6.61. The first-order valence-corrected chi connectivity index (χ1v) is 8.88. The van der Waals surface area contributed by atoms with Gasteiger partial charge in [-0.1, -0.05) is 23.7 Å². The molecule has 0 heterocycles. The van der Waals surface area contributed by atoms with E-state index >= 15 is 0 Å². The molecule has 0 aliphatic heterocycles. The van der Waals surface area contributed by atoms with Crippen LogP contribution in [0.5, 0.6) is 5.75 Å². The van der Waals surface area contributed by atoms with Gasteiger partial charge in [0.2, 0.25) is 0 Å². The summed E-state index contributed by atoms with van der Waals surface area (Å²) in [7, 11) is -1.89. The van der Waals surface area contributed by atoms with Crippen LogP contribution in [0.3, 0.4) is 0 Å². The third kappa shape index (κ3) is 4.46. The average molecular weight is 355 g/mol. The topological polar surface area (TPSA) is 69.7 Å². The Bertz CT molecular complexity index is 830. The monoisotopic (exact) mass is 354 g/mol. The molecule has 7 heteroatoms. The highest BCUT2D eigenvalue weighted by Crippen LogP contribution is 2.22. The van der Waals surface area contributed by atoms with Gasteiger partial charge in [-0.15, -0.1) is 0 Å². The van der Waals surface area contributed by atoms with Crippen molar-refractivity contribution < 1.29 is 22.7 Å². The van der Waals surface area contributed by atoms with Crippen molar-refractivity contribution in [3.8, 4) is 5.75 Å². The fourth-order valence-electron chi connectivity index (χ4n) is 1.88. The van der Waals surface area contributed by atoms with Crippen molar-refractivity contribution in [2.75, 3.05) is 13.4 Å². The van der Waals surface area contributed by atoms with Crippen molar-refractivity contribution in [1.82, 2.24) is 0 Å². The molecule has 0 saturated carbocycles. The molecular formula is C16H15ClO5S.